The number of hydrogen-bond acceptors (Lipinski definition) is 3. The van der Waals surface area contributed by atoms with Crippen molar-refractivity contribution in [3.05, 3.63) is 0 Å². The molecule has 4 nitrogen and oxygen atoms in total. The summed E-state index contributed by atoms with van der Waals surface area (Å²) >= 11 is 0. The summed E-state index contributed by atoms with van der Waals surface area (Å²) in [6.07, 6.45) is -2.79. The van der Waals surface area contributed by atoms with E-state index in [2.05, 4.69) is 5.32 Å². The number of halogens is 3. The lowest BCUT2D eigenvalue weighted by Gasteiger charge is -2.38. The second kappa shape index (κ2) is 6.38. The van der Waals surface area contributed by atoms with Gasteiger partial charge in [-0.3, -0.25) is 9.69 Å². The van der Waals surface area contributed by atoms with Crippen molar-refractivity contribution in [1.29, 1.82) is 0 Å². The highest BCUT2D eigenvalue weighted by molar-refractivity contribution is 5.79. The van der Waals surface area contributed by atoms with E-state index in [9.17, 15) is 18.0 Å². The topological polar surface area (TPSA) is 58.4 Å². The van der Waals surface area contributed by atoms with Crippen molar-refractivity contribution in [2.24, 2.45) is 5.73 Å². The van der Waals surface area contributed by atoms with Crippen molar-refractivity contribution < 1.29 is 18.0 Å². The van der Waals surface area contributed by atoms with Crippen LogP contribution >= 0.6 is 0 Å². The van der Waals surface area contributed by atoms with Crippen molar-refractivity contribution in [2.75, 3.05) is 19.6 Å². The summed E-state index contributed by atoms with van der Waals surface area (Å²) in [5.74, 6) is -0.680. The third-order valence-electron chi connectivity index (χ3n) is 3.26. The first kappa shape index (κ1) is 15.2. The highest BCUT2D eigenvalue weighted by atomic mass is 19.4. The fourth-order valence-corrected chi connectivity index (χ4v) is 2.44. The molecule has 0 bridgehead atoms. The number of carbonyl (C=O) groups excluding carboxylic acids is 1. The molecule has 18 heavy (non-hydrogen) atoms. The molecule has 0 aromatic carbocycles. The maximum absolute atomic E-state index is 12.6. The van der Waals surface area contributed by atoms with Gasteiger partial charge in [0.1, 0.15) is 0 Å². The van der Waals surface area contributed by atoms with Gasteiger partial charge in [-0.1, -0.05) is 6.92 Å². The van der Waals surface area contributed by atoms with Crippen molar-refractivity contribution in [1.82, 2.24) is 10.2 Å². The summed E-state index contributed by atoms with van der Waals surface area (Å²) in [4.78, 5) is 12.5. The Hall–Kier alpha value is -0.820. The van der Waals surface area contributed by atoms with Crippen molar-refractivity contribution in [3.8, 4) is 0 Å². The molecule has 1 atom stereocenters. The Kier molecular flexibility index (Phi) is 5.40. The van der Waals surface area contributed by atoms with Gasteiger partial charge in [0.2, 0.25) is 5.91 Å². The van der Waals surface area contributed by atoms with Gasteiger partial charge in [0.05, 0.1) is 12.6 Å². The zero-order chi connectivity index (χ0) is 13.8. The second-order valence-corrected chi connectivity index (χ2v) is 4.60. The molecule has 0 aromatic rings. The number of primary amides is 1. The first-order valence-electron chi connectivity index (χ1n) is 6.17. The van der Waals surface area contributed by atoms with Crippen molar-refractivity contribution >= 4 is 5.91 Å². The molecule has 1 rings (SSSR count). The van der Waals surface area contributed by atoms with Crippen molar-refractivity contribution in [2.45, 2.75) is 44.4 Å². The smallest absolute Gasteiger partial charge is 0.368 e. The molecular weight excluding hydrogens is 247 g/mol. The van der Waals surface area contributed by atoms with Gasteiger partial charge in [-0.05, 0) is 32.4 Å². The molecule has 1 saturated heterocycles. The van der Waals surface area contributed by atoms with Crippen LogP contribution in [0.25, 0.3) is 0 Å². The number of amides is 1. The SMILES string of the molecule is CCC(C(N)=O)N(CC(F)(F)F)C1CCNCC1. The van der Waals surface area contributed by atoms with Crippen LogP contribution in [0.15, 0.2) is 0 Å². The maximum Gasteiger partial charge on any atom is 0.401 e. The zero-order valence-corrected chi connectivity index (χ0v) is 10.5. The summed E-state index contributed by atoms with van der Waals surface area (Å²) in [6.45, 7) is 1.96. The number of carbonyl (C=O) groups is 1. The molecule has 1 fully saturated rings. The number of rotatable bonds is 5. The van der Waals surface area contributed by atoms with E-state index in [1.54, 1.807) is 6.92 Å². The lowest BCUT2D eigenvalue weighted by Crippen LogP contribution is -2.55. The Morgan fingerprint density at radius 3 is 2.39 bits per heavy atom. The average Bonchev–Trinajstić information content (AvgIpc) is 2.28. The van der Waals surface area contributed by atoms with E-state index in [4.69, 9.17) is 5.73 Å². The normalized spacial score (nSPS) is 20.1. The largest absolute Gasteiger partial charge is 0.401 e. The fourth-order valence-electron chi connectivity index (χ4n) is 2.44. The second-order valence-electron chi connectivity index (χ2n) is 4.60. The highest BCUT2D eigenvalue weighted by Crippen LogP contribution is 2.24. The molecule has 0 radical (unpaired) electrons. The number of nitrogens with zero attached hydrogens (tertiary/aromatic N) is 1. The van der Waals surface area contributed by atoms with Crippen LogP contribution in [0, 0.1) is 0 Å². The van der Waals surface area contributed by atoms with Crippen LogP contribution in [0.4, 0.5) is 13.2 Å². The van der Waals surface area contributed by atoms with Gasteiger partial charge in [0.15, 0.2) is 0 Å². The summed E-state index contributed by atoms with van der Waals surface area (Å²) < 4.78 is 37.8. The number of nitrogens with two attached hydrogens (primary N) is 1. The van der Waals surface area contributed by atoms with E-state index in [0.29, 0.717) is 32.4 Å². The fraction of sp³-hybridized carbons (Fsp3) is 0.909. The number of nitrogens with one attached hydrogen (secondary N) is 1. The minimum Gasteiger partial charge on any atom is -0.368 e. The molecular formula is C11H20F3N3O. The minimum atomic E-state index is -4.31. The van der Waals surface area contributed by atoms with E-state index in [0.717, 1.165) is 0 Å². The summed E-state index contributed by atoms with van der Waals surface area (Å²) in [7, 11) is 0. The van der Waals surface area contributed by atoms with E-state index in [-0.39, 0.29) is 6.04 Å². The van der Waals surface area contributed by atoms with Crippen LogP contribution < -0.4 is 11.1 Å². The Labute approximate surface area is 105 Å². The van der Waals surface area contributed by atoms with Crippen LogP contribution in [-0.2, 0) is 4.79 Å². The standard InChI is InChI=1S/C11H20F3N3O/c1-2-9(10(15)18)17(7-11(12,13)14)8-3-5-16-6-4-8/h8-9,16H,2-7H2,1H3,(H2,15,18). The predicted octanol–water partition coefficient (Wildman–Crippen LogP) is 0.867. The van der Waals surface area contributed by atoms with E-state index in [1.807, 2.05) is 0 Å². The van der Waals surface area contributed by atoms with Gasteiger partial charge < -0.3 is 11.1 Å². The van der Waals surface area contributed by atoms with E-state index < -0.39 is 24.7 Å². The average molecular weight is 267 g/mol. The van der Waals surface area contributed by atoms with Gasteiger partial charge in [0, 0.05) is 6.04 Å². The molecule has 0 aliphatic carbocycles. The molecule has 7 heteroatoms. The van der Waals surface area contributed by atoms with Gasteiger partial charge in [-0.25, -0.2) is 0 Å². The molecule has 106 valence electrons. The van der Waals surface area contributed by atoms with Gasteiger partial charge >= 0.3 is 6.18 Å². The first-order chi connectivity index (χ1) is 8.35. The summed E-state index contributed by atoms with van der Waals surface area (Å²) in [6, 6.07) is -1.07. The van der Waals surface area contributed by atoms with Gasteiger partial charge in [-0.15, -0.1) is 0 Å². The molecule has 1 heterocycles. The molecule has 1 aliphatic heterocycles. The lowest BCUT2D eigenvalue weighted by molar-refractivity contribution is -0.161. The zero-order valence-electron chi connectivity index (χ0n) is 10.5. The number of hydrogen-bond donors (Lipinski definition) is 2. The Balaban J connectivity index is 2.81. The molecule has 1 unspecified atom stereocenters. The number of piperidine rings is 1. The Morgan fingerprint density at radius 2 is 2.00 bits per heavy atom. The number of alkyl halides is 3. The molecule has 0 spiro atoms. The molecule has 3 N–H and O–H groups in total. The molecule has 1 amide bonds. The first-order valence-corrected chi connectivity index (χ1v) is 6.17. The lowest BCUT2D eigenvalue weighted by atomic mass is 10.0. The third kappa shape index (κ3) is 4.45. The van der Waals surface area contributed by atoms with Crippen molar-refractivity contribution in [3.63, 3.8) is 0 Å². The van der Waals surface area contributed by atoms with Crippen LogP contribution in [0.3, 0.4) is 0 Å². The molecule has 1 aliphatic rings. The van der Waals surface area contributed by atoms with Crippen LogP contribution in [0.2, 0.25) is 0 Å². The Morgan fingerprint density at radius 1 is 1.44 bits per heavy atom. The molecule has 0 saturated carbocycles. The highest BCUT2D eigenvalue weighted by Gasteiger charge is 2.38. The monoisotopic (exact) mass is 267 g/mol. The molecule has 0 aromatic heterocycles. The van der Waals surface area contributed by atoms with Crippen LogP contribution in [0.1, 0.15) is 26.2 Å². The maximum atomic E-state index is 12.6. The van der Waals surface area contributed by atoms with Crippen LogP contribution in [-0.4, -0.2) is 48.7 Å². The van der Waals surface area contributed by atoms with Gasteiger partial charge in [-0.2, -0.15) is 13.2 Å². The van der Waals surface area contributed by atoms with E-state index in [1.165, 1.54) is 4.90 Å². The third-order valence-corrected chi connectivity index (χ3v) is 3.26. The van der Waals surface area contributed by atoms with E-state index >= 15 is 0 Å². The summed E-state index contributed by atoms with van der Waals surface area (Å²) in [5, 5.41) is 3.09. The quantitative estimate of drug-likeness (QED) is 0.777. The minimum absolute atomic E-state index is 0.231. The van der Waals surface area contributed by atoms with Crippen LogP contribution in [0.5, 0.6) is 0 Å². The van der Waals surface area contributed by atoms with Gasteiger partial charge in [0.25, 0.3) is 0 Å². The predicted molar refractivity (Wildman–Crippen MR) is 61.9 cm³/mol. The summed E-state index contributed by atoms with van der Waals surface area (Å²) in [5.41, 5.74) is 5.21. The Bertz CT molecular complexity index is 277.